The number of carbonyl (C=O) groups excluding carboxylic acids is 2. The van der Waals surface area contributed by atoms with Gasteiger partial charge in [0.15, 0.2) is 0 Å². The number of anilines is 1. The predicted molar refractivity (Wildman–Crippen MR) is 149 cm³/mol. The molecule has 208 valence electrons. The van der Waals surface area contributed by atoms with Gasteiger partial charge in [0.2, 0.25) is 5.91 Å². The minimum atomic E-state index is -4.58. The van der Waals surface area contributed by atoms with E-state index in [4.69, 9.17) is 5.10 Å². The molecule has 4 aromatic rings. The number of hydrogen-bond acceptors (Lipinski definition) is 3. The molecule has 3 aromatic carbocycles. The van der Waals surface area contributed by atoms with Crippen molar-refractivity contribution < 1.29 is 22.8 Å². The molecule has 0 radical (unpaired) electrons. The Morgan fingerprint density at radius 2 is 1.68 bits per heavy atom. The molecule has 2 amide bonds. The average Bonchev–Trinajstić information content (AvgIpc) is 3.31. The van der Waals surface area contributed by atoms with Crippen LogP contribution >= 0.6 is 0 Å². The van der Waals surface area contributed by atoms with Gasteiger partial charge in [0.25, 0.3) is 5.91 Å². The lowest BCUT2D eigenvalue weighted by Gasteiger charge is -2.24. The smallest absolute Gasteiger partial charge is 0.329 e. The molecule has 0 aliphatic carbocycles. The minimum Gasteiger partial charge on any atom is -0.329 e. The van der Waals surface area contributed by atoms with Crippen molar-refractivity contribution in [2.24, 2.45) is 5.92 Å². The Kier molecular flexibility index (Phi) is 8.42. The van der Waals surface area contributed by atoms with Crippen molar-refractivity contribution in [3.8, 4) is 16.9 Å². The third kappa shape index (κ3) is 6.77. The predicted octanol–water partition coefficient (Wildman–Crippen LogP) is 6.91. The van der Waals surface area contributed by atoms with E-state index < -0.39 is 23.6 Å². The summed E-state index contributed by atoms with van der Waals surface area (Å²) in [6, 6.07) is 21.4. The number of aryl methyl sites for hydroxylation is 2. The largest absolute Gasteiger partial charge is 0.416 e. The Morgan fingerprint density at radius 3 is 2.33 bits per heavy atom. The van der Waals surface area contributed by atoms with Gasteiger partial charge in [-0.2, -0.15) is 18.3 Å². The summed E-state index contributed by atoms with van der Waals surface area (Å²) in [6.07, 6.45) is -4.58. The van der Waals surface area contributed by atoms with Gasteiger partial charge in [-0.1, -0.05) is 67.9 Å². The summed E-state index contributed by atoms with van der Waals surface area (Å²) in [4.78, 5) is 27.8. The lowest BCUT2D eigenvalue weighted by Crippen LogP contribution is -2.40. The Labute approximate surface area is 231 Å². The molecule has 6 nitrogen and oxygen atoms in total. The maximum atomic E-state index is 13.3. The summed E-state index contributed by atoms with van der Waals surface area (Å²) in [5.41, 5.74) is 3.28. The molecule has 4 rings (SSSR count). The molecule has 9 heteroatoms. The summed E-state index contributed by atoms with van der Waals surface area (Å²) < 4.78 is 41.4. The maximum absolute atomic E-state index is 13.3. The highest BCUT2D eigenvalue weighted by atomic mass is 19.4. The number of alkyl halides is 3. The number of aromatic nitrogens is 2. The van der Waals surface area contributed by atoms with Crippen LogP contribution in [0.1, 0.15) is 40.9 Å². The van der Waals surface area contributed by atoms with Crippen LogP contribution in [-0.2, 0) is 11.0 Å². The summed E-state index contributed by atoms with van der Waals surface area (Å²) >= 11 is 0. The van der Waals surface area contributed by atoms with Gasteiger partial charge in [-0.15, -0.1) is 0 Å². The van der Waals surface area contributed by atoms with Gasteiger partial charge >= 0.3 is 6.18 Å². The zero-order valence-corrected chi connectivity index (χ0v) is 22.8. The number of halogens is 3. The van der Waals surface area contributed by atoms with Gasteiger partial charge in [0.05, 0.1) is 16.9 Å². The summed E-state index contributed by atoms with van der Waals surface area (Å²) in [5.74, 6) is -0.755. The molecule has 0 unspecified atom stereocenters. The van der Waals surface area contributed by atoms with E-state index in [9.17, 15) is 22.8 Å². The van der Waals surface area contributed by atoms with E-state index in [1.54, 1.807) is 10.7 Å². The molecule has 0 fully saturated rings. The topological polar surface area (TPSA) is 67.2 Å². The summed E-state index contributed by atoms with van der Waals surface area (Å²) in [6.45, 7) is 7.52. The highest BCUT2D eigenvalue weighted by Gasteiger charge is 2.31. The Balaban J connectivity index is 1.64. The maximum Gasteiger partial charge on any atom is 0.416 e. The molecule has 0 aliphatic rings. The van der Waals surface area contributed by atoms with E-state index in [2.05, 4.69) is 5.32 Å². The van der Waals surface area contributed by atoms with E-state index in [1.807, 2.05) is 76.2 Å². The fourth-order valence-electron chi connectivity index (χ4n) is 4.47. The van der Waals surface area contributed by atoms with Crippen LogP contribution in [0.3, 0.4) is 0 Å². The third-order valence-electron chi connectivity index (χ3n) is 6.27. The molecular formula is C31H31F3N4O2. The van der Waals surface area contributed by atoms with Crippen molar-refractivity contribution in [2.75, 3.05) is 18.4 Å². The second-order valence-electron chi connectivity index (χ2n) is 10.2. The lowest BCUT2D eigenvalue weighted by atomic mass is 10.1. The quantitative estimate of drug-likeness (QED) is 0.260. The van der Waals surface area contributed by atoms with E-state index in [0.29, 0.717) is 11.5 Å². The Bertz CT molecular complexity index is 1510. The number of hydrogen-bond donors (Lipinski definition) is 1. The van der Waals surface area contributed by atoms with Gasteiger partial charge in [-0.25, -0.2) is 4.68 Å². The van der Waals surface area contributed by atoms with E-state index in [0.717, 1.165) is 34.5 Å². The van der Waals surface area contributed by atoms with Crippen molar-refractivity contribution in [3.63, 3.8) is 0 Å². The van der Waals surface area contributed by atoms with E-state index in [1.165, 1.54) is 17.0 Å². The van der Waals surface area contributed by atoms with Crippen molar-refractivity contribution in [2.45, 2.75) is 33.9 Å². The highest BCUT2D eigenvalue weighted by Crippen LogP contribution is 2.30. The van der Waals surface area contributed by atoms with Crippen LogP contribution in [0.25, 0.3) is 16.9 Å². The number of nitrogens with zero attached hydrogens (tertiary/aromatic N) is 3. The van der Waals surface area contributed by atoms with E-state index >= 15 is 0 Å². The molecule has 0 atom stereocenters. The van der Waals surface area contributed by atoms with Gasteiger partial charge in [0, 0.05) is 23.7 Å². The molecule has 0 spiro atoms. The monoisotopic (exact) mass is 548 g/mol. The van der Waals surface area contributed by atoms with Gasteiger partial charge < -0.3 is 10.2 Å². The molecule has 0 saturated carbocycles. The first-order chi connectivity index (χ1) is 18.9. The van der Waals surface area contributed by atoms with Crippen LogP contribution in [0.5, 0.6) is 0 Å². The summed E-state index contributed by atoms with van der Waals surface area (Å²) in [7, 11) is 0. The van der Waals surface area contributed by atoms with Gasteiger partial charge in [0.1, 0.15) is 12.4 Å². The number of nitrogens with one attached hydrogen (secondary N) is 1. The number of rotatable bonds is 8. The second kappa shape index (κ2) is 11.8. The molecule has 0 aliphatic heterocycles. The first-order valence-electron chi connectivity index (χ1n) is 12.9. The third-order valence-corrected chi connectivity index (χ3v) is 6.27. The van der Waals surface area contributed by atoms with Gasteiger partial charge in [-0.3, -0.25) is 9.59 Å². The minimum absolute atomic E-state index is 0.0204. The lowest BCUT2D eigenvalue weighted by molar-refractivity contribution is -0.137. The van der Waals surface area contributed by atoms with Crippen molar-refractivity contribution in [1.29, 1.82) is 0 Å². The first-order valence-corrected chi connectivity index (χ1v) is 12.9. The Hall–Kier alpha value is -4.40. The SMILES string of the molecule is Cc1ccc(-n2nc(-c3ccccc3)cc2NC(=O)CN(CC(C)C)C(=O)c2cccc(C(F)(F)F)c2)c(C)c1. The van der Waals surface area contributed by atoms with Crippen LogP contribution in [-0.4, -0.2) is 39.6 Å². The summed E-state index contributed by atoms with van der Waals surface area (Å²) in [5, 5.41) is 7.63. The fourth-order valence-corrected chi connectivity index (χ4v) is 4.47. The second-order valence-corrected chi connectivity index (χ2v) is 10.2. The average molecular weight is 549 g/mol. The highest BCUT2D eigenvalue weighted by molar-refractivity contribution is 5.99. The number of benzene rings is 3. The number of carbonyl (C=O) groups is 2. The zero-order chi connectivity index (χ0) is 29.0. The van der Waals surface area contributed by atoms with Crippen molar-refractivity contribution in [3.05, 3.63) is 101 Å². The molecule has 1 heterocycles. The van der Waals surface area contributed by atoms with E-state index in [-0.39, 0.29) is 24.6 Å². The molecule has 1 aromatic heterocycles. The Morgan fingerprint density at radius 1 is 0.950 bits per heavy atom. The van der Waals surface area contributed by atoms with Gasteiger partial charge in [-0.05, 0) is 49.6 Å². The first kappa shape index (κ1) is 28.6. The molecule has 0 bridgehead atoms. The zero-order valence-electron chi connectivity index (χ0n) is 22.8. The number of amides is 2. The van der Waals surface area contributed by atoms with Crippen LogP contribution in [0, 0.1) is 19.8 Å². The normalized spacial score (nSPS) is 11.5. The van der Waals surface area contributed by atoms with Crippen LogP contribution in [0.15, 0.2) is 78.9 Å². The van der Waals surface area contributed by atoms with Crippen LogP contribution in [0.2, 0.25) is 0 Å². The molecule has 40 heavy (non-hydrogen) atoms. The van der Waals surface area contributed by atoms with Crippen LogP contribution in [0.4, 0.5) is 19.0 Å². The fraction of sp³-hybridized carbons (Fsp3) is 0.258. The molecule has 1 N–H and O–H groups in total. The van der Waals surface area contributed by atoms with Crippen molar-refractivity contribution >= 4 is 17.6 Å². The standard InChI is InChI=1S/C31H31F3N4O2/c1-20(2)18-37(30(40)24-11-8-12-25(16-24)31(32,33)34)19-29(39)35-28-17-26(23-9-6-5-7-10-23)36-38(28)27-14-13-21(3)15-22(27)4/h5-17,20H,18-19H2,1-4H3,(H,35,39). The molecule has 0 saturated heterocycles. The molecular weight excluding hydrogens is 517 g/mol. The van der Waals surface area contributed by atoms with Crippen LogP contribution < -0.4 is 5.32 Å². The van der Waals surface area contributed by atoms with Crippen molar-refractivity contribution in [1.82, 2.24) is 14.7 Å².